The predicted molar refractivity (Wildman–Crippen MR) is 99.4 cm³/mol. The van der Waals surface area contributed by atoms with Gasteiger partial charge in [0.15, 0.2) is 0 Å². The first-order valence-electron chi connectivity index (χ1n) is 8.66. The molecule has 1 aromatic heterocycles. The van der Waals surface area contributed by atoms with Crippen molar-refractivity contribution in [1.29, 1.82) is 0 Å². The molecular formula is C19H18N4O2S. The van der Waals surface area contributed by atoms with Crippen LogP contribution in [0.2, 0.25) is 0 Å². The zero-order chi connectivity index (χ0) is 17.9. The highest BCUT2D eigenvalue weighted by atomic mass is 32.1. The second-order valence-electron chi connectivity index (χ2n) is 6.47. The second-order valence-corrected chi connectivity index (χ2v) is 7.36. The van der Waals surface area contributed by atoms with Crippen LogP contribution in [0.25, 0.3) is 0 Å². The molecule has 2 amide bonds. The molecule has 0 fully saturated rings. The van der Waals surface area contributed by atoms with E-state index in [9.17, 15) is 9.59 Å². The van der Waals surface area contributed by atoms with Gasteiger partial charge in [0.25, 0.3) is 11.8 Å². The highest BCUT2D eigenvalue weighted by Gasteiger charge is 2.28. The van der Waals surface area contributed by atoms with Crippen LogP contribution in [0.5, 0.6) is 0 Å². The number of nitrogens with one attached hydrogen (secondary N) is 1. The first kappa shape index (κ1) is 16.8. The second kappa shape index (κ2) is 7.29. The number of thiazole rings is 1. The van der Waals surface area contributed by atoms with Crippen LogP contribution >= 0.6 is 11.3 Å². The summed E-state index contributed by atoms with van der Waals surface area (Å²) in [5.74, 6) is -0.327. The summed E-state index contributed by atoms with van der Waals surface area (Å²) in [5, 5.41) is 11.0. The molecule has 2 aliphatic rings. The van der Waals surface area contributed by atoms with Crippen LogP contribution in [-0.2, 0) is 11.2 Å². The molecule has 7 heteroatoms. The van der Waals surface area contributed by atoms with Gasteiger partial charge in [-0.3, -0.25) is 14.6 Å². The van der Waals surface area contributed by atoms with Gasteiger partial charge in [-0.2, -0.15) is 5.11 Å². The number of benzene rings is 1. The minimum atomic E-state index is -0.165. The topological polar surface area (TPSA) is 83.8 Å². The number of carbonyl (C=O) groups is 2. The van der Waals surface area contributed by atoms with Crippen LogP contribution in [0.15, 0.2) is 57.3 Å². The summed E-state index contributed by atoms with van der Waals surface area (Å²) in [6.45, 7) is 0. The van der Waals surface area contributed by atoms with Gasteiger partial charge in [0.05, 0.1) is 17.7 Å². The normalized spacial score (nSPS) is 19.4. The number of aromatic nitrogens is 1. The van der Waals surface area contributed by atoms with Crippen molar-refractivity contribution in [2.45, 2.75) is 38.1 Å². The summed E-state index contributed by atoms with van der Waals surface area (Å²) in [7, 11) is 0. The van der Waals surface area contributed by atoms with Gasteiger partial charge in [-0.15, -0.1) is 16.5 Å². The van der Waals surface area contributed by atoms with Crippen LogP contribution in [0, 0.1) is 0 Å². The molecule has 2 heterocycles. The molecule has 0 radical (unpaired) electrons. The van der Waals surface area contributed by atoms with Gasteiger partial charge >= 0.3 is 0 Å². The first-order valence-corrected chi connectivity index (χ1v) is 9.54. The molecule has 1 atom stereocenters. The fourth-order valence-electron chi connectivity index (χ4n) is 3.48. The van der Waals surface area contributed by atoms with E-state index in [1.54, 1.807) is 11.7 Å². The Kier molecular flexibility index (Phi) is 4.71. The zero-order valence-electron chi connectivity index (χ0n) is 14.1. The van der Waals surface area contributed by atoms with Crippen LogP contribution in [0.1, 0.15) is 40.9 Å². The Labute approximate surface area is 155 Å². The molecule has 6 nitrogen and oxygen atoms in total. The summed E-state index contributed by atoms with van der Waals surface area (Å²) in [6.07, 6.45) is 6.12. The van der Waals surface area contributed by atoms with Crippen molar-refractivity contribution in [2.75, 3.05) is 5.32 Å². The Morgan fingerprint density at radius 2 is 2.15 bits per heavy atom. The number of hydrogen-bond acceptors (Lipinski definition) is 5. The third kappa shape index (κ3) is 3.48. The van der Waals surface area contributed by atoms with Gasteiger partial charge in [0.1, 0.15) is 4.88 Å². The molecule has 4 rings (SSSR count). The molecule has 0 saturated heterocycles. The minimum absolute atomic E-state index is 0.0737. The highest BCUT2D eigenvalue weighted by molar-refractivity contribution is 7.11. The molecular weight excluding hydrogens is 348 g/mol. The van der Waals surface area contributed by atoms with E-state index >= 15 is 0 Å². The Balaban J connectivity index is 1.50. The van der Waals surface area contributed by atoms with Crippen molar-refractivity contribution in [3.63, 3.8) is 0 Å². The van der Waals surface area contributed by atoms with Gasteiger partial charge in [-0.05, 0) is 49.0 Å². The molecule has 1 aliphatic heterocycles. The molecule has 1 aromatic carbocycles. The summed E-state index contributed by atoms with van der Waals surface area (Å²) in [6, 6.07) is 7.67. The van der Waals surface area contributed by atoms with Crippen molar-refractivity contribution in [3.05, 3.63) is 57.6 Å². The number of hydrogen-bond donors (Lipinski definition) is 1. The molecule has 1 aliphatic carbocycles. The maximum absolute atomic E-state index is 12.2. The van der Waals surface area contributed by atoms with E-state index in [-0.39, 0.29) is 17.9 Å². The molecule has 2 aromatic rings. The van der Waals surface area contributed by atoms with Crippen LogP contribution in [0.4, 0.5) is 5.69 Å². The molecule has 132 valence electrons. The first-order chi connectivity index (χ1) is 12.7. The summed E-state index contributed by atoms with van der Waals surface area (Å²) < 4.78 is 0. The van der Waals surface area contributed by atoms with Crippen molar-refractivity contribution in [1.82, 2.24) is 4.98 Å². The van der Waals surface area contributed by atoms with Crippen LogP contribution < -0.4 is 5.32 Å². The Morgan fingerprint density at radius 1 is 1.27 bits per heavy atom. The maximum Gasteiger partial charge on any atom is 0.291 e. The minimum Gasteiger partial charge on any atom is -0.321 e. The lowest BCUT2D eigenvalue weighted by atomic mass is 9.84. The SMILES string of the molecule is O=C1N=NC(Cc2cccc(NC(=O)c3cncs3)c2)C2=C1CCCC2. The van der Waals surface area contributed by atoms with Crippen molar-refractivity contribution in [2.24, 2.45) is 10.2 Å². The van der Waals surface area contributed by atoms with Crippen molar-refractivity contribution in [3.8, 4) is 0 Å². The Bertz CT molecular complexity index is 902. The Hall–Kier alpha value is -2.67. The molecule has 1 unspecified atom stereocenters. The van der Waals surface area contributed by atoms with Crippen molar-refractivity contribution < 1.29 is 9.59 Å². The third-order valence-electron chi connectivity index (χ3n) is 4.73. The molecule has 0 saturated carbocycles. The van der Waals surface area contributed by atoms with Gasteiger partial charge in [-0.1, -0.05) is 12.1 Å². The van der Waals surface area contributed by atoms with Gasteiger partial charge in [0, 0.05) is 17.7 Å². The monoisotopic (exact) mass is 366 g/mol. The number of carbonyl (C=O) groups excluding carboxylic acids is 2. The lowest BCUT2D eigenvalue weighted by molar-refractivity contribution is -0.115. The lowest BCUT2D eigenvalue weighted by Crippen LogP contribution is -2.23. The smallest absolute Gasteiger partial charge is 0.291 e. The molecule has 0 bridgehead atoms. The average Bonchev–Trinajstić information content (AvgIpc) is 3.20. The van der Waals surface area contributed by atoms with E-state index in [2.05, 4.69) is 20.5 Å². The summed E-state index contributed by atoms with van der Waals surface area (Å²) >= 11 is 1.31. The van der Waals surface area contributed by atoms with Gasteiger partial charge < -0.3 is 5.32 Å². The average molecular weight is 366 g/mol. The highest BCUT2D eigenvalue weighted by Crippen LogP contribution is 2.33. The van der Waals surface area contributed by atoms with E-state index in [1.165, 1.54) is 11.3 Å². The Morgan fingerprint density at radius 3 is 3.00 bits per heavy atom. The number of amides is 2. The lowest BCUT2D eigenvalue weighted by Gasteiger charge is -2.25. The van der Waals surface area contributed by atoms with E-state index in [0.717, 1.165) is 48.1 Å². The fraction of sp³-hybridized carbons (Fsp3) is 0.316. The fourth-order valence-corrected chi connectivity index (χ4v) is 3.99. The number of azo groups is 1. The number of anilines is 1. The van der Waals surface area contributed by atoms with Crippen LogP contribution in [-0.4, -0.2) is 22.8 Å². The number of nitrogens with zero attached hydrogens (tertiary/aromatic N) is 3. The predicted octanol–water partition coefficient (Wildman–Crippen LogP) is 4.17. The molecule has 26 heavy (non-hydrogen) atoms. The summed E-state index contributed by atoms with van der Waals surface area (Å²) in [5.41, 5.74) is 5.45. The van der Waals surface area contributed by atoms with Gasteiger partial charge in [0.2, 0.25) is 0 Å². The van der Waals surface area contributed by atoms with Crippen molar-refractivity contribution >= 4 is 28.8 Å². The largest absolute Gasteiger partial charge is 0.321 e. The van der Waals surface area contributed by atoms with E-state index in [4.69, 9.17) is 0 Å². The summed E-state index contributed by atoms with van der Waals surface area (Å²) in [4.78, 5) is 28.6. The van der Waals surface area contributed by atoms with E-state index in [1.807, 2.05) is 24.3 Å². The van der Waals surface area contributed by atoms with Crippen LogP contribution in [0.3, 0.4) is 0 Å². The molecule has 0 spiro atoms. The van der Waals surface area contributed by atoms with E-state index in [0.29, 0.717) is 11.3 Å². The third-order valence-corrected chi connectivity index (χ3v) is 5.50. The quantitative estimate of drug-likeness (QED) is 0.881. The maximum atomic E-state index is 12.2. The number of rotatable bonds is 4. The van der Waals surface area contributed by atoms with E-state index < -0.39 is 0 Å². The standard InChI is InChI=1S/C19H18N4O2S/c24-18-15-7-2-1-6-14(15)16(22-23-18)9-12-4-3-5-13(8-12)21-19(25)17-10-20-11-26-17/h3-5,8,10-11,16H,1-2,6-7,9H2,(H,21,25). The zero-order valence-corrected chi connectivity index (χ0v) is 15.0. The molecule has 1 N–H and O–H groups in total. The van der Waals surface area contributed by atoms with Gasteiger partial charge in [-0.25, -0.2) is 0 Å².